The van der Waals surface area contributed by atoms with Gasteiger partial charge in [-0.15, -0.1) is 0 Å². The lowest BCUT2D eigenvalue weighted by atomic mass is 10.1. The van der Waals surface area contributed by atoms with E-state index in [0.717, 1.165) is 12.1 Å². The molecule has 0 aliphatic rings. The smallest absolute Gasteiger partial charge is 0.239 e. The Morgan fingerprint density at radius 2 is 1.90 bits per heavy atom. The highest BCUT2D eigenvalue weighted by molar-refractivity contribution is 7.80. The second kappa shape index (κ2) is 7.31. The van der Waals surface area contributed by atoms with Crippen molar-refractivity contribution in [3.05, 3.63) is 29.3 Å². The molecule has 116 valence electrons. The highest BCUT2D eigenvalue weighted by atomic mass is 32.1. The molecule has 21 heavy (non-hydrogen) atoms. The maximum absolute atomic E-state index is 14.0. The highest BCUT2D eigenvalue weighted by Crippen LogP contribution is 2.24. The second-order valence-corrected chi connectivity index (χ2v) is 5.65. The maximum Gasteiger partial charge on any atom is 0.239 e. The van der Waals surface area contributed by atoms with Gasteiger partial charge in [0.2, 0.25) is 5.91 Å². The van der Waals surface area contributed by atoms with Crippen LogP contribution in [0.5, 0.6) is 0 Å². The molecular formula is C14H19F2N3OS. The number of anilines is 1. The van der Waals surface area contributed by atoms with Crippen molar-refractivity contribution >= 4 is 28.8 Å². The molecule has 0 heterocycles. The van der Waals surface area contributed by atoms with E-state index in [4.69, 9.17) is 5.73 Å². The molecule has 0 aliphatic heterocycles. The Balaban J connectivity index is 2.85. The molecule has 0 fully saturated rings. The number of nitrogens with one attached hydrogen (secondary N) is 1. The number of nitrogens with two attached hydrogens (primary N) is 1. The summed E-state index contributed by atoms with van der Waals surface area (Å²) in [5.74, 6) is -1.62. The first-order chi connectivity index (χ1) is 9.72. The molecule has 0 unspecified atom stereocenters. The number of carbonyl (C=O) groups excluding carboxylic acids is 1. The molecule has 1 aromatic rings. The van der Waals surface area contributed by atoms with Crippen LogP contribution in [0.2, 0.25) is 0 Å². The van der Waals surface area contributed by atoms with Crippen LogP contribution in [0.3, 0.4) is 0 Å². The van der Waals surface area contributed by atoms with Gasteiger partial charge in [0.25, 0.3) is 0 Å². The molecule has 1 amide bonds. The van der Waals surface area contributed by atoms with E-state index in [0.29, 0.717) is 12.5 Å². The van der Waals surface area contributed by atoms with E-state index >= 15 is 0 Å². The fourth-order valence-electron chi connectivity index (χ4n) is 1.74. The summed E-state index contributed by atoms with van der Waals surface area (Å²) < 4.78 is 27.9. The van der Waals surface area contributed by atoms with Crippen molar-refractivity contribution in [2.45, 2.75) is 13.8 Å². The molecule has 0 atom stereocenters. The molecule has 1 rings (SSSR count). The van der Waals surface area contributed by atoms with E-state index in [1.54, 1.807) is 0 Å². The number of rotatable bonds is 6. The Bertz CT molecular complexity index is 526. The number of amides is 1. The lowest BCUT2D eigenvalue weighted by molar-refractivity contribution is -0.119. The molecule has 0 radical (unpaired) electrons. The zero-order chi connectivity index (χ0) is 16.2. The first-order valence-electron chi connectivity index (χ1n) is 6.49. The van der Waals surface area contributed by atoms with E-state index in [1.165, 1.54) is 11.9 Å². The molecule has 1 aromatic carbocycles. The summed E-state index contributed by atoms with van der Waals surface area (Å²) in [6.45, 7) is 4.28. The molecule has 0 spiro atoms. The third kappa shape index (κ3) is 4.93. The Kier molecular flexibility index (Phi) is 6.02. The van der Waals surface area contributed by atoms with Crippen molar-refractivity contribution in [1.82, 2.24) is 5.32 Å². The molecule has 0 bridgehead atoms. The van der Waals surface area contributed by atoms with Crippen molar-refractivity contribution in [3.63, 3.8) is 0 Å². The van der Waals surface area contributed by atoms with Gasteiger partial charge in [0.05, 0.1) is 6.54 Å². The highest BCUT2D eigenvalue weighted by Gasteiger charge is 2.18. The molecule has 3 N–H and O–H groups in total. The Morgan fingerprint density at radius 3 is 2.33 bits per heavy atom. The van der Waals surface area contributed by atoms with Gasteiger partial charge in [-0.05, 0) is 18.1 Å². The standard InChI is InChI=1S/C14H19F2N3OS/c1-8(2)6-18-12(20)7-19(3)13-10(15)4-9(14(17)21)5-11(13)16/h4-5,8H,6-7H2,1-3H3,(H2,17,21)(H,18,20). The number of likely N-dealkylation sites (N-methyl/N-ethyl adjacent to an activating group) is 1. The normalized spacial score (nSPS) is 10.6. The number of benzene rings is 1. The van der Waals surface area contributed by atoms with Gasteiger partial charge in [-0.1, -0.05) is 26.1 Å². The summed E-state index contributed by atoms with van der Waals surface area (Å²) >= 11 is 4.69. The zero-order valence-corrected chi connectivity index (χ0v) is 13.1. The zero-order valence-electron chi connectivity index (χ0n) is 12.2. The summed E-state index contributed by atoms with van der Waals surface area (Å²) in [6.07, 6.45) is 0. The topological polar surface area (TPSA) is 58.4 Å². The van der Waals surface area contributed by atoms with Crippen molar-refractivity contribution in [2.75, 3.05) is 25.0 Å². The van der Waals surface area contributed by atoms with Gasteiger partial charge in [-0.25, -0.2) is 8.78 Å². The van der Waals surface area contributed by atoms with Crippen molar-refractivity contribution in [2.24, 2.45) is 11.7 Å². The van der Waals surface area contributed by atoms with Crippen LogP contribution in [0.25, 0.3) is 0 Å². The van der Waals surface area contributed by atoms with Crippen molar-refractivity contribution < 1.29 is 13.6 Å². The molecule has 0 aromatic heterocycles. The SMILES string of the molecule is CC(C)CNC(=O)CN(C)c1c(F)cc(C(N)=S)cc1F. The molecule has 4 nitrogen and oxygen atoms in total. The van der Waals surface area contributed by atoms with E-state index < -0.39 is 11.6 Å². The summed E-state index contributed by atoms with van der Waals surface area (Å²) in [5.41, 5.74) is 5.18. The number of hydrogen-bond donors (Lipinski definition) is 2. The van der Waals surface area contributed by atoms with Gasteiger partial charge in [0.1, 0.15) is 22.3 Å². The minimum absolute atomic E-state index is 0.0864. The van der Waals surface area contributed by atoms with Crippen LogP contribution in [0, 0.1) is 17.6 Å². The molecule has 0 saturated heterocycles. The van der Waals surface area contributed by atoms with Crippen LogP contribution in [0.1, 0.15) is 19.4 Å². The predicted octanol–water partition coefficient (Wildman–Crippen LogP) is 1.81. The summed E-state index contributed by atoms with van der Waals surface area (Å²) in [7, 11) is 1.44. The first-order valence-corrected chi connectivity index (χ1v) is 6.89. The van der Waals surface area contributed by atoms with Gasteiger partial charge in [-0.3, -0.25) is 4.79 Å². The van der Waals surface area contributed by atoms with Crippen LogP contribution in [0.4, 0.5) is 14.5 Å². The third-order valence-electron chi connectivity index (χ3n) is 2.77. The number of thiocarbonyl (C=S) groups is 1. The van der Waals surface area contributed by atoms with Gasteiger partial charge in [0.15, 0.2) is 0 Å². The van der Waals surface area contributed by atoms with Gasteiger partial charge in [0, 0.05) is 19.2 Å². The van der Waals surface area contributed by atoms with Gasteiger partial charge >= 0.3 is 0 Å². The van der Waals surface area contributed by atoms with Gasteiger partial charge < -0.3 is 16.0 Å². The minimum atomic E-state index is -0.808. The average molecular weight is 315 g/mol. The van der Waals surface area contributed by atoms with E-state index in [1.807, 2.05) is 13.8 Å². The van der Waals surface area contributed by atoms with Crippen LogP contribution < -0.4 is 16.0 Å². The Hall–Kier alpha value is -1.76. The van der Waals surface area contributed by atoms with Crippen molar-refractivity contribution in [1.29, 1.82) is 0 Å². The maximum atomic E-state index is 14.0. The van der Waals surface area contributed by atoms with E-state index in [9.17, 15) is 13.6 Å². The monoisotopic (exact) mass is 315 g/mol. The third-order valence-corrected chi connectivity index (χ3v) is 3.01. The number of carbonyl (C=O) groups is 1. The molecule has 7 heteroatoms. The fraction of sp³-hybridized carbons (Fsp3) is 0.429. The molecular weight excluding hydrogens is 296 g/mol. The van der Waals surface area contributed by atoms with Gasteiger partial charge in [-0.2, -0.15) is 0 Å². The minimum Gasteiger partial charge on any atom is -0.389 e. The average Bonchev–Trinajstić information content (AvgIpc) is 2.35. The lowest BCUT2D eigenvalue weighted by Crippen LogP contribution is -2.37. The molecule has 0 saturated carbocycles. The Labute approximate surface area is 128 Å². The number of hydrogen-bond acceptors (Lipinski definition) is 3. The van der Waals surface area contributed by atoms with Crippen LogP contribution in [0.15, 0.2) is 12.1 Å². The summed E-state index contributed by atoms with van der Waals surface area (Å²) in [6, 6.07) is 2.12. The number of halogens is 2. The lowest BCUT2D eigenvalue weighted by Gasteiger charge is -2.21. The second-order valence-electron chi connectivity index (χ2n) is 5.21. The van der Waals surface area contributed by atoms with E-state index in [-0.39, 0.29) is 28.7 Å². The van der Waals surface area contributed by atoms with Crippen LogP contribution in [-0.4, -0.2) is 31.0 Å². The summed E-state index contributed by atoms with van der Waals surface area (Å²) in [4.78, 5) is 12.8. The van der Waals surface area contributed by atoms with Crippen molar-refractivity contribution in [3.8, 4) is 0 Å². The fourth-order valence-corrected chi connectivity index (χ4v) is 1.86. The van der Waals surface area contributed by atoms with E-state index in [2.05, 4.69) is 17.5 Å². The molecule has 0 aliphatic carbocycles. The predicted molar refractivity (Wildman–Crippen MR) is 83.4 cm³/mol. The quantitative estimate of drug-likeness (QED) is 0.786. The Morgan fingerprint density at radius 1 is 1.38 bits per heavy atom. The van der Waals surface area contributed by atoms with Crippen LogP contribution >= 0.6 is 12.2 Å². The number of nitrogens with zero attached hydrogens (tertiary/aromatic N) is 1. The first kappa shape index (κ1) is 17.3. The van der Waals surface area contributed by atoms with Crippen LogP contribution in [-0.2, 0) is 4.79 Å². The summed E-state index contributed by atoms with van der Waals surface area (Å²) in [5, 5.41) is 2.69. The largest absolute Gasteiger partial charge is 0.389 e.